The maximum atomic E-state index is 12.5. The molecule has 0 aromatic rings. The fourth-order valence-corrected chi connectivity index (χ4v) is 3.49. The van der Waals surface area contributed by atoms with Crippen molar-refractivity contribution in [2.75, 3.05) is 5.75 Å². The molecule has 1 fully saturated rings. The highest BCUT2D eigenvalue weighted by Gasteiger charge is 2.46. The molecule has 0 aromatic carbocycles. The lowest BCUT2D eigenvalue weighted by Crippen LogP contribution is -2.35. The average Bonchev–Trinajstić information content (AvgIpc) is 1.99. The third-order valence-electron chi connectivity index (χ3n) is 2.74. The highest BCUT2D eigenvalue weighted by atomic mass is 35.7. The summed E-state index contributed by atoms with van der Waals surface area (Å²) in [5.41, 5.74) is 0. The molecule has 1 rings (SSSR count). The Bertz CT molecular complexity index is 312. The Kier molecular flexibility index (Phi) is 3.92. The van der Waals surface area contributed by atoms with Gasteiger partial charge in [-0.1, -0.05) is 12.8 Å². The smallest absolute Gasteiger partial charge is 0.212 e. The first-order valence-corrected chi connectivity index (χ1v) is 7.17. The molecule has 0 radical (unpaired) electrons. The van der Waals surface area contributed by atoms with Gasteiger partial charge in [0.2, 0.25) is 9.05 Å². The van der Waals surface area contributed by atoms with Crippen LogP contribution in [0.2, 0.25) is 0 Å². The molecule has 0 saturated heterocycles. The number of alkyl halides is 3. The van der Waals surface area contributed by atoms with E-state index in [9.17, 15) is 21.6 Å². The second-order valence-corrected chi connectivity index (χ2v) is 6.72. The van der Waals surface area contributed by atoms with Crippen LogP contribution >= 0.6 is 10.7 Å². The van der Waals surface area contributed by atoms with E-state index >= 15 is 0 Å². The van der Waals surface area contributed by atoms with E-state index in [1.54, 1.807) is 0 Å². The predicted molar refractivity (Wildman–Crippen MR) is 51.1 cm³/mol. The molecule has 15 heavy (non-hydrogen) atoms. The first-order chi connectivity index (χ1) is 6.70. The van der Waals surface area contributed by atoms with Crippen LogP contribution in [0.4, 0.5) is 13.2 Å². The summed E-state index contributed by atoms with van der Waals surface area (Å²) in [7, 11) is 1.14. The molecule has 2 nitrogen and oxygen atoms in total. The van der Waals surface area contributed by atoms with E-state index < -0.39 is 32.8 Å². The van der Waals surface area contributed by atoms with Gasteiger partial charge >= 0.3 is 6.18 Å². The molecule has 0 bridgehead atoms. The lowest BCUT2D eigenvalue weighted by atomic mass is 9.80. The molecular weight excluding hydrogens is 253 g/mol. The van der Waals surface area contributed by atoms with E-state index in [2.05, 4.69) is 0 Å². The zero-order valence-electron chi connectivity index (χ0n) is 7.93. The minimum Gasteiger partial charge on any atom is -0.212 e. The van der Waals surface area contributed by atoms with Crippen LogP contribution in [0.5, 0.6) is 0 Å². The van der Waals surface area contributed by atoms with Gasteiger partial charge in [-0.3, -0.25) is 0 Å². The van der Waals surface area contributed by atoms with E-state index in [-0.39, 0.29) is 12.8 Å². The Labute approximate surface area is 91.2 Å². The summed E-state index contributed by atoms with van der Waals surface area (Å²) >= 11 is 0. The van der Waals surface area contributed by atoms with Gasteiger partial charge in [-0.25, -0.2) is 8.42 Å². The minimum absolute atomic E-state index is 0.0145. The Hall–Kier alpha value is 0.0300. The summed E-state index contributed by atoms with van der Waals surface area (Å²) in [4.78, 5) is 0. The van der Waals surface area contributed by atoms with Crippen LogP contribution < -0.4 is 0 Å². The SMILES string of the molecule is O=S(=O)(Cl)CC1CCCCC1C(F)(F)F. The lowest BCUT2D eigenvalue weighted by molar-refractivity contribution is -0.193. The summed E-state index contributed by atoms with van der Waals surface area (Å²) in [5.74, 6) is -2.96. The van der Waals surface area contributed by atoms with Gasteiger partial charge < -0.3 is 0 Å². The van der Waals surface area contributed by atoms with Crippen molar-refractivity contribution in [3.05, 3.63) is 0 Å². The minimum atomic E-state index is -4.31. The Morgan fingerprint density at radius 3 is 2.20 bits per heavy atom. The van der Waals surface area contributed by atoms with Gasteiger partial charge in [0.1, 0.15) is 0 Å². The summed E-state index contributed by atoms with van der Waals surface area (Å²) < 4.78 is 59.1. The largest absolute Gasteiger partial charge is 0.392 e. The third-order valence-corrected chi connectivity index (χ3v) is 3.95. The monoisotopic (exact) mass is 264 g/mol. The summed E-state index contributed by atoms with van der Waals surface area (Å²) in [6.45, 7) is 0. The van der Waals surface area contributed by atoms with Crippen molar-refractivity contribution >= 4 is 19.7 Å². The number of halogens is 4. The van der Waals surface area contributed by atoms with E-state index in [0.717, 1.165) is 0 Å². The van der Waals surface area contributed by atoms with Gasteiger partial charge in [0.25, 0.3) is 0 Å². The Morgan fingerprint density at radius 1 is 1.20 bits per heavy atom. The summed E-state index contributed by atoms with van der Waals surface area (Å²) in [6, 6.07) is 0. The molecule has 0 aromatic heterocycles. The van der Waals surface area contributed by atoms with Crippen molar-refractivity contribution in [3.8, 4) is 0 Å². The van der Waals surface area contributed by atoms with Gasteiger partial charge in [0.05, 0.1) is 11.7 Å². The molecule has 2 atom stereocenters. The predicted octanol–water partition coefficient (Wildman–Crippen LogP) is 2.92. The molecular formula is C8H12ClF3O2S. The molecule has 0 N–H and O–H groups in total. The van der Waals surface area contributed by atoms with Crippen LogP contribution in [-0.2, 0) is 9.05 Å². The van der Waals surface area contributed by atoms with Crippen molar-refractivity contribution in [1.82, 2.24) is 0 Å². The van der Waals surface area contributed by atoms with Crippen LogP contribution in [-0.4, -0.2) is 20.3 Å². The van der Waals surface area contributed by atoms with Crippen molar-refractivity contribution < 1.29 is 21.6 Å². The molecule has 7 heteroatoms. The maximum Gasteiger partial charge on any atom is 0.392 e. The molecule has 0 aliphatic heterocycles. The van der Waals surface area contributed by atoms with Crippen molar-refractivity contribution in [1.29, 1.82) is 0 Å². The molecule has 0 spiro atoms. The highest BCUT2D eigenvalue weighted by Crippen LogP contribution is 2.42. The highest BCUT2D eigenvalue weighted by molar-refractivity contribution is 8.13. The second kappa shape index (κ2) is 4.49. The zero-order valence-corrected chi connectivity index (χ0v) is 9.50. The van der Waals surface area contributed by atoms with Crippen LogP contribution in [0.15, 0.2) is 0 Å². The van der Waals surface area contributed by atoms with Gasteiger partial charge in [-0.2, -0.15) is 13.2 Å². The van der Waals surface area contributed by atoms with E-state index in [0.29, 0.717) is 12.8 Å². The summed E-state index contributed by atoms with van der Waals surface area (Å²) in [5, 5.41) is 0. The van der Waals surface area contributed by atoms with Gasteiger partial charge in [-0.15, -0.1) is 0 Å². The van der Waals surface area contributed by atoms with Crippen molar-refractivity contribution in [2.24, 2.45) is 11.8 Å². The van der Waals surface area contributed by atoms with Crippen molar-refractivity contribution in [3.63, 3.8) is 0 Å². The number of hydrogen-bond acceptors (Lipinski definition) is 2. The van der Waals surface area contributed by atoms with Crippen molar-refractivity contribution in [2.45, 2.75) is 31.9 Å². The topological polar surface area (TPSA) is 34.1 Å². The molecule has 1 aliphatic rings. The Morgan fingerprint density at radius 2 is 1.73 bits per heavy atom. The fraction of sp³-hybridized carbons (Fsp3) is 1.00. The molecule has 2 unspecified atom stereocenters. The lowest BCUT2D eigenvalue weighted by Gasteiger charge is -2.32. The zero-order chi connectivity index (χ0) is 11.7. The first kappa shape index (κ1) is 13.1. The van der Waals surface area contributed by atoms with E-state index in [4.69, 9.17) is 10.7 Å². The van der Waals surface area contributed by atoms with E-state index in [1.807, 2.05) is 0 Å². The number of rotatable bonds is 2. The van der Waals surface area contributed by atoms with E-state index in [1.165, 1.54) is 0 Å². The first-order valence-electron chi connectivity index (χ1n) is 4.69. The van der Waals surface area contributed by atoms with Gasteiger partial charge in [0.15, 0.2) is 0 Å². The third kappa shape index (κ3) is 4.18. The van der Waals surface area contributed by atoms with Gasteiger partial charge in [-0.05, 0) is 18.8 Å². The molecule has 1 aliphatic carbocycles. The molecule has 0 amide bonds. The molecule has 0 heterocycles. The average molecular weight is 265 g/mol. The Balaban J connectivity index is 2.75. The maximum absolute atomic E-state index is 12.5. The normalized spacial score (nSPS) is 29.1. The van der Waals surface area contributed by atoms with Crippen LogP contribution in [0.25, 0.3) is 0 Å². The quantitative estimate of drug-likeness (QED) is 0.719. The van der Waals surface area contributed by atoms with Gasteiger partial charge in [0, 0.05) is 10.7 Å². The second-order valence-electron chi connectivity index (χ2n) is 3.90. The van der Waals surface area contributed by atoms with Crippen LogP contribution in [0, 0.1) is 11.8 Å². The fourth-order valence-electron chi connectivity index (χ4n) is 2.09. The molecule has 1 saturated carbocycles. The summed E-state index contributed by atoms with van der Waals surface area (Å²) in [6.07, 6.45) is -2.87. The number of hydrogen-bond donors (Lipinski definition) is 0. The van der Waals surface area contributed by atoms with Crippen LogP contribution in [0.3, 0.4) is 0 Å². The standard InChI is InChI=1S/C8H12ClF3O2S/c9-15(13,14)5-6-3-1-2-4-7(6)8(10,11)12/h6-7H,1-5H2. The molecule has 90 valence electrons. The van der Waals surface area contributed by atoms with Crippen LogP contribution in [0.1, 0.15) is 25.7 Å².